The number of nitrogens with one attached hydrogen (secondary N) is 1. The molecule has 35 heavy (non-hydrogen) atoms. The first-order chi connectivity index (χ1) is 16.8. The Hall–Kier alpha value is -2.64. The fourth-order valence-corrected chi connectivity index (χ4v) is 7.22. The Morgan fingerprint density at radius 3 is 2.11 bits per heavy atom. The van der Waals surface area contributed by atoms with Crippen LogP contribution in [-0.4, -0.2) is 28.0 Å². The second-order valence-electron chi connectivity index (χ2n) is 11.0. The molecule has 4 aliphatic rings. The average Bonchev–Trinajstić information content (AvgIpc) is 2.85. The Kier molecular flexibility index (Phi) is 6.73. The van der Waals surface area contributed by atoms with E-state index in [0.29, 0.717) is 17.7 Å². The minimum atomic E-state index is -1.44. The van der Waals surface area contributed by atoms with Crippen molar-refractivity contribution in [1.82, 2.24) is 5.32 Å². The third-order valence-electron chi connectivity index (χ3n) is 8.03. The predicted octanol–water partition coefficient (Wildman–Crippen LogP) is 5.16. The molecule has 4 aliphatic carbocycles. The Balaban J connectivity index is 1.26. The minimum absolute atomic E-state index is 0.0996. The van der Waals surface area contributed by atoms with Gasteiger partial charge in [0.2, 0.25) is 9.04 Å². The van der Waals surface area contributed by atoms with E-state index < -0.39 is 15.0 Å². The van der Waals surface area contributed by atoms with Gasteiger partial charge in [0.1, 0.15) is 5.75 Å². The number of ether oxygens (including phenoxy) is 1. The number of benzene rings is 2. The summed E-state index contributed by atoms with van der Waals surface area (Å²) in [5, 5.41) is 3.03. The molecule has 4 fully saturated rings. The largest absolute Gasteiger partial charge is 0.496 e. The van der Waals surface area contributed by atoms with Gasteiger partial charge in [-0.1, -0.05) is 12.1 Å². The average molecular weight is 494 g/mol. The lowest BCUT2D eigenvalue weighted by molar-refractivity contribution is -0.154. The Bertz CT molecular complexity index is 1060. The molecule has 0 aromatic heterocycles. The lowest BCUT2D eigenvalue weighted by Crippen LogP contribution is -2.48. The molecule has 4 saturated carbocycles. The molecule has 0 spiro atoms. The molecule has 186 valence electrons. The van der Waals surface area contributed by atoms with Crippen LogP contribution in [0.1, 0.15) is 70.4 Å². The molecule has 0 atom stereocenters. The fraction of sp³-hybridized carbons (Fsp3) is 0.500. The number of hydrogen-bond acceptors (Lipinski definition) is 5. The van der Waals surface area contributed by atoms with Crippen LogP contribution in [0.2, 0.25) is 13.1 Å². The van der Waals surface area contributed by atoms with Gasteiger partial charge in [0.15, 0.2) is 0 Å². The molecule has 6 nitrogen and oxygen atoms in total. The van der Waals surface area contributed by atoms with Gasteiger partial charge in [-0.2, -0.15) is 0 Å². The second-order valence-corrected chi connectivity index (χ2v) is 13.3. The number of rotatable bonds is 8. The van der Waals surface area contributed by atoms with Gasteiger partial charge in [-0.3, -0.25) is 4.79 Å². The summed E-state index contributed by atoms with van der Waals surface area (Å²) in [5.74, 6) is 2.78. The quantitative estimate of drug-likeness (QED) is 0.312. The van der Waals surface area contributed by atoms with Gasteiger partial charge >= 0.3 is 5.97 Å². The summed E-state index contributed by atoms with van der Waals surface area (Å²) in [6.07, 6.45) is 7.80. The number of amides is 1. The van der Waals surface area contributed by atoms with Gasteiger partial charge in [0.05, 0.1) is 12.7 Å². The number of methoxy groups -OCH3 is 1. The van der Waals surface area contributed by atoms with Crippen LogP contribution in [0.15, 0.2) is 42.5 Å². The SMILES string of the molecule is COc1ccc(C(=O)NCc2ccc(C(=O)OO[SiH](C)C)cc2)cc1C12CC3CC(CC(C3)C1)C2. The highest BCUT2D eigenvalue weighted by Crippen LogP contribution is 2.61. The Morgan fingerprint density at radius 1 is 0.943 bits per heavy atom. The molecule has 0 aliphatic heterocycles. The van der Waals surface area contributed by atoms with E-state index in [9.17, 15) is 9.59 Å². The van der Waals surface area contributed by atoms with E-state index in [-0.39, 0.29) is 11.3 Å². The predicted molar refractivity (Wildman–Crippen MR) is 136 cm³/mol. The van der Waals surface area contributed by atoms with Gasteiger partial charge in [-0.25, -0.2) is 9.37 Å². The van der Waals surface area contributed by atoms with Crippen molar-refractivity contribution in [2.75, 3.05) is 7.11 Å². The van der Waals surface area contributed by atoms with E-state index in [2.05, 4.69) is 11.4 Å². The fourth-order valence-electron chi connectivity index (χ4n) is 6.94. The number of carbonyl (C=O) groups excluding carboxylic acids is 2. The first-order valence-electron chi connectivity index (χ1n) is 12.8. The van der Waals surface area contributed by atoms with Gasteiger partial charge in [0, 0.05) is 17.7 Å². The third kappa shape index (κ3) is 5.02. The molecule has 0 radical (unpaired) electrons. The van der Waals surface area contributed by atoms with Crippen molar-refractivity contribution in [3.8, 4) is 5.75 Å². The van der Waals surface area contributed by atoms with Crippen molar-refractivity contribution in [1.29, 1.82) is 0 Å². The van der Waals surface area contributed by atoms with Gasteiger partial charge < -0.3 is 14.9 Å². The normalized spacial score (nSPS) is 26.6. The summed E-state index contributed by atoms with van der Waals surface area (Å²) < 4.78 is 10.8. The zero-order chi connectivity index (χ0) is 24.6. The van der Waals surface area contributed by atoms with Crippen LogP contribution in [0.3, 0.4) is 0 Å². The maximum Gasteiger partial charge on any atom is 0.371 e. The molecule has 0 unspecified atom stereocenters. The van der Waals surface area contributed by atoms with Crippen molar-refractivity contribution < 1.29 is 23.8 Å². The molecule has 0 heterocycles. The molecule has 4 bridgehead atoms. The van der Waals surface area contributed by atoms with Crippen LogP contribution in [0.25, 0.3) is 0 Å². The van der Waals surface area contributed by atoms with Gasteiger partial charge in [-0.15, -0.1) is 0 Å². The van der Waals surface area contributed by atoms with Crippen molar-refractivity contribution in [2.24, 2.45) is 17.8 Å². The van der Waals surface area contributed by atoms with Crippen molar-refractivity contribution in [3.05, 3.63) is 64.7 Å². The van der Waals surface area contributed by atoms with E-state index in [1.165, 1.54) is 44.1 Å². The standard InChI is InChI=1S/C28H35NO5Si/c1-32-25-9-8-23(13-24(25)28-14-19-10-20(15-28)12-21(11-19)16-28)26(30)29-17-18-4-6-22(7-5-18)27(31)33-34-35(2)3/h4-9,13,19-21,35H,10-12,14-17H2,1-3H3,(H,29,30). The first kappa shape index (κ1) is 24.1. The monoisotopic (exact) mass is 493 g/mol. The van der Waals surface area contributed by atoms with E-state index in [0.717, 1.165) is 29.1 Å². The van der Waals surface area contributed by atoms with Crippen LogP contribution >= 0.6 is 0 Å². The van der Waals surface area contributed by atoms with E-state index in [1.54, 1.807) is 19.2 Å². The van der Waals surface area contributed by atoms with Crippen LogP contribution < -0.4 is 10.1 Å². The van der Waals surface area contributed by atoms with E-state index >= 15 is 0 Å². The third-order valence-corrected chi connectivity index (χ3v) is 8.51. The first-order valence-corrected chi connectivity index (χ1v) is 15.6. The van der Waals surface area contributed by atoms with E-state index in [1.807, 2.05) is 37.4 Å². The van der Waals surface area contributed by atoms with Crippen molar-refractivity contribution in [2.45, 2.75) is 63.6 Å². The molecule has 1 N–H and O–H groups in total. The summed E-state index contributed by atoms with van der Waals surface area (Å²) >= 11 is 0. The molecule has 1 amide bonds. The molecular weight excluding hydrogens is 458 g/mol. The van der Waals surface area contributed by atoms with Gasteiger partial charge in [0.25, 0.3) is 5.91 Å². The number of hydrogen-bond donors (Lipinski definition) is 1. The van der Waals surface area contributed by atoms with Crippen LogP contribution in [-0.2, 0) is 21.4 Å². The minimum Gasteiger partial charge on any atom is -0.496 e. The van der Waals surface area contributed by atoms with Crippen LogP contribution in [0, 0.1) is 17.8 Å². The zero-order valence-corrected chi connectivity index (χ0v) is 22.0. The number of carbonyl (C=O) groups is 2. The molecule has 2 aromatic rings. The van der Waals surface area contributed by atoms with Crippen LogP contribution in [0.5, 0.6) is 5.75 Å². The van der Waals surface area contributed by atoms with Crippen molar-refractivity contribution >= 4 is 20.9 Å². The second kappa shape index (κ2) is 9.78. The highest BCUT2D eigenvalue weighted by atomic mass is 28.3. The molecule has 6 rings (SSSR count). The highest BCUT2D eigenvalue weighted by molar-refractivity contribution is 6.48. The van der Waals surface area contributed by atoms with Crippen molar-refractivity contribution in [3.63, 3.8) is 0 Å². The maximum atomic E-state index is 13.1. The lowest BCUT2D eigenvalue weighted by atomic mass is 9.48. The molecule has 7 heteroatoms. The summed E-state index contributed by atoms with van der Waals surface area (Å²) in [4.78, 5) is 29.9. The summed E-state index contributed by atoms with van der Waals surface area (Å²) in [5.41, 5.74) is 3.38. The topological polar surface area (TPSA) is 73.9 Å². The smallest absolute Gasteiger partial charge is 0.371 e. The lowest BCUT2D eigenvalue weighted by Gasteiger charge is -2.57. The molecule has 2 aromatic carbocycles. The zero-order valence-electron chi connectivity index (χ0n) is 20.8. The Morgan fingerprint density at radius 2 is 1.54 bits per heavy atom. The van der Waals surface area contributed by atoms with Crippen LogP contribution in [0.4, 0.5) is 0 Å². The van der Waals surface area contributed by atoms with E-state index in [4.69, 9.17) is 14.2 Å². The maximum absolute atomic E-state index is 13.1. The molecular formula is C28H35NO5Si. The highest BCUT2D eigenvalue weighted by Gasteiger charge is 2.52. The Labute approximate surface area is 209 Å². The summed E-state index contributed by atoms with van der Waals surface area (Å²) in [6, 6.07) is 12.9. The molecule has 0 saturated heterocycles. The summed E-state index contributed by atoms with van der Waals surface area (Å²) in [7, 11) is 0.294. The van der Waals surface area contributed by atoms with Gasteiger partial charge in [-0.05, 0) is 111 Å². The summed E-state index contributed by atoms with van der Waals surface area (Å²) in [6.45, 7) is 4.23.